The maximum absolute atomic E-state index is 13.0. The third-order valence-corrected chi connectivity index (χ3v) is 4.55. The predicted octanol–water partition coefficient (Wildman–Crippen LogP) is 4.14. The Labute approximate surface area is 187 Å². The molecule has 10 heteroatoms. The molecule has 176 valence electrons. The Balaban J connectivity index is 2.69. The third kappa shape index (κ3) is 5.89. The number of ether oxygens (including phenoxy) is 3. The van der Waals surface area contributed by atoms with Gasteiger partial charge in [-0.05, 0) is 45.2 Å². The first-order chi connectivity index (χ1) is 15.2. The highest BCUT2D eigenvalue weighted by molar-refractivity contribution is 5.95. The fourth-order valence-corrected chi connectivity index (χ4v) is 3.36. The quantitative estimate of drug-likeness (QED) is 0.295. The van der Waals surface area contributed by atoms with Gasteiger partial charge >= 0.3 is 17.7 Å². The van der Waals surface area contributed by atoms with E-state index in [2.05, 4.69) is 10.6 Å². The summed E-state index contributed by atoms with van der Waals surface area (Å²) in [6, 6.07) is 1.40. The highest BCUT2D eigenvalue weighted by atomic mass is 16.6. The molecule has 32 heavy (non-hydrogen) atoms. The highest BCUT2D eigenvalue weighted by Gasteiger charge is 2.36. The molecule has 2 amide bonds. The Hall–Kier alpha value is -3.30. The van der Waals surface area contributed by atoms with Crippen LogP contribution in [0.3, 0.4) is 0 Å². The summed E-state index contributed by atoms with van der Waals surface area (Å²) < 4.78 is 16.6. The number of carbonyl (C=O) groups is 2. The molecule has 0 fully saturated rings. The Morgan fingerprint density at radius 3 is 2.47 bits per heavy atom. The van der Waals surface area contributed by atoms with Gasteiger partial charge in [0.1, 0.15) is 0 Å². The average Bonchev–Trinajstić information content (AvgIpc) is 2.71. The van der Waals surface area contributed by atoms with E-state index >= 15 is 0 Å². The number of esters is 1. The lowest BCUT2D eigenvalue weighted by atomic mass is 9.93. The Morgan fingerprint density at radius 1 is 1.19 bits per heavy atom. The van der Waals surface area contributed by atoms with Crippen molar-refractivity contribution in [2.75, 3.05) is 13.2 Å². The topological polar surface area (TPSA) is 129 Å². The van der Waals surface area contributed by atoms with Crippen molar-refractivity contribution in [2.24, 2.45) is 0 Å². The zero-order valence-electron chi connectivity index (χ0n) is 19.1. The molecule has 0 aliphatic carbocycles. The summed E-state index contributed by atoms with van der Waals surface area (Å²) in [5, 5.41) is 17.2. The number of amides is 2. The van der Waals surface area contributed by atoms with Crippen LogP contribution in [-0.4, -0.2) is 36.2 Å². The summed E-state index contributed by atoms with van der Waals surface area (Å²) in [5.74, 6) is -0.411. The van der Waals surface area contributed by atoms with E-state index in [9.17, 15) is 19.7 Å². The van der Waals surface area contributed by atoms with E-state index in [-0.39, 0.29) is 42.1 Å². The van der Waals surface area contributed by atoms with Gasteiger partial charge in [0, 0.05) is 11.8 Å². The molecular weight excluding hydrogens is 418 g/mol. The van der Waals surface area contributed by atoms with Gasteiger partial charge in [0.25, 0.3) is 0 Å². The normalized spacial score (nSPS) is 15.8. The lowest BCUT2D eigenvalue weighted by Crippen LogP contribution is -2.46. The summed E-state index contributed by atoms with van der Waals surface area (Å²) in [6.07, 6.45) is 1.39. The number of benzene rings is 1. The maximum Gasteiger partial charge on any atom is 0.338 e. The first-order valence-electron chi connectivity index (χ1n) is 10.8. The molecule has 1 heterocycles. The largest absolute Gasteiger partial charge is 0.490 e. The van der Waals surface area contributed by atoms with E-state index in [0.717, 1.165) is 0 Å². The fourth-order valence-electron chi connectivity index (χ4n) is 3.36. The van der Waals surface area contributed by atoms with Crippen molar-refractivity contribution in [2.45, 2.75) is 66.0 Å². The van der Waals surface area contributed by atoms with Gasteiger partial charge in [-0.25, -0.2) is 9.59 Å². The highest BCUT2D eigenvalue weighted by Crippen LogP contribution is 2.42. The average molecular weight is 450 g/mol. The maximum atomic E-state index is 13.0. The molecule has 0 aromatic heterocycles. The van der Waals surface area contributed by atoms with Crippen molar-refractivity contribution in [3.05, 3.63) is 39.1 Å². The fraction of sp³-hybridized carbons (Fsp3) is 0.545. The second-order valence-corrected chi connectivity index (χ2v) is 7.53. The van der Waals surface area contributed by atoms with Crippen LogP contribution in [0.1, 0.15) is 65.5 Å². The van der Waals surface area contributed by atoms with Gasteiger partial charge in [-0.15, -0.1) is 0 Å². The smallest absolute Gasteiger partial charge is 0.338 e. The van der Waals surface area contributed by atoms with Crippen LogP contribution in [0.4, 0.5) is 10.5 Å². The minimum absolute atomic E-state index is 0.0202. The van der Waals surface area contributed by atoms with Crippen LogP contribution < -0.4 is 20.1 Å². The van der Waals surface area contributed by atoms with E-state index in [4.69, 9.17) is 14.2 Å². The summed E-state index contributed by atoms with van der Waals surface area (Å²) in [7, 11) is 0. The monoisotopic (exact) mass is 449 g/mol. The van der Waals surface area contributed by atoms with Crippen molar-refractivity contribution < 1.29 is 28.7 Å². The number of nitro benzene ring substituents is 1. The number of hydrogen-bond acceptors (Lipinski definition) is 7. The van der Waals surface area contributed by atoms with Gasteiger partial charge in [0.15, 0.2) is 5.75 Å². The third-order valence-electron chi connectivity index (χ3n) is 4.55. The van der Waals surface area contributed by atoms with Gasteiger partial charge in [0.2, 0.25) is 5.75 Å². The van der Waals surface area contributed by atoms with Gasteiger partial charge in [-0.1, -0.05) is 20.3 Å². The second-order valence-electron chi connectivity index (χ2n) is 7.53. The Bertz CT molecular complexity index is 896. The molecule has 1 aromatic rings. The molecule has 0 bridgehead atoms. The molecule has 1 aliphatic rings. The first-order valence-corrected chi connectivity index (χ1v) is 10.8. The number of nitrogens with one attached hydrogen (secondary N) is 2. The summed E-state index contributed by atoms with van der Waals surface area (Å²) in [6.45, 7) is 9.52. The molecule has 10 nitrogen and oxygen atoms in total. The van der Waals surface area contributed by atoms with E-state index in [1.165, 1.54) is 6.07 Å². The number of hydrogen-bond donors (Lipinski definition) is 2. The molecule has 2 N–H and O–H groups in total. The minimum atomic E-state index is -0.949. The van der Waals surface area contributed by atoms with Crippen LogP contribution in [0.25, 0.3) is 0 Å². The number of nitrogens with zero attached hydrogens (tertiary/aromatic N) is 1. The molecule has 1 aromatic carbocycles. The number of carbonyl (C=O) groups excluding carboxylic acids is 2. The zero-order chi connectivity index (χ0) is 23.8. The van der Waals surface area contributed by atoms with Crippen LogP contribution in [0.5, 0.6) is 11.5 Å². The molecule has 0 radical (unpaired) electrons. The van der Waals surface area contributed by atoms with Crippen LogP contribution in [0.2, 0.25) is 0 Å². The molecule has 1 atom stereocenters. The van der Waals surface area contributed by atoms with Gasteiger partial charge in [-0.2, -0.15) is 0 Å². The SMILES string of the molecule is CCCOc1c(OCC)cc(C2NC(=O)NC(CCC)=C2C(=O)OC(C)C)cc1[N+](=O)[O-]. The van der Waals surface area contributed by atoms with Crippen molar-refractivity contribution in [1.82, 2.24) is 10.6 Å². The zero-order valence-corrected chi connectivity index (χ0v) is 19.1. The summed E-state index contributed by atoms with van der Waals surface area (Å²) in [5.41, 5.74) is 0.655. The number of rotatable bonds is 11. The van der Waals surface area contributed by atoms with Crippen LogP contribution >= 0.6 is 0 Å². The van der Waals surface area contributed by atoms with Crippen LogP contribution in [0, 0.1) is 10.1 Å². The van der Waals surface area contributed by atoms with E-state index in [1.54, 1.807) is 26.8 Å². The van der Waals surface area contributed by atoms with E-state index in [0.29, 0.717) is 30.5 Å². The van der Waals surface area contributed by atoms with E-state index in [1.807, 2.05) is 13.8 Å². The molecule has 1 unspecified atom stereocenters. The van der Waals surface area contributed by atoms with Crippen molar-refractivity contribution in [1.29, 1.82) is 0 Å². The Kier molecular flexibility index (Phi) is 8.86. The van der Waals surface area contributed by atoms with Crippen molar-refractivity contribution in [3.63, 3.8) is 0 Å². The lowest BCUT2D eigenvalue weighted by Gasteiger charge is -2.30. The standard InChI is InChI=1S/C22H31N3O7/c1-6-9-15-18(21(26)32-13(4)5)19(24-22(27)23-15)14-11-16(25(28)29)20(31-10-7-2)17(12-14)30-8-3/h11-13,19H,6-10H2,1-5H3,(H2,23,24,27). The van der Waals surface area contributed by atoms with Crippen LogP contribution in [0.15, 0.2) is 23.4 Å². The first kappa shape index (κ1) is 25.0. The molecule has 0 saturated heterocycles. The summed E-state index contributed by atoms with van der Waals surface area (Å²) >= 11 is 0. The number of urea groups is 1. The van der Waals surface area contributed by atoms with E-state index < -0.39 is 23.0 Å². The molecular formula is C22H31N3O7. The van der Waals surface area contributed by atoms with Gasteiger partial charge in [0.05, 0.1) is 35.9 Å². The van der Waals surface area contributed by atoms with Gasteiger partial charge < -0.3 is 24.8 Å². The van der Waals surface area contributed by atoms with Crippen LogP contribution in [-0.2, 0) is 9.53 Å². The molecule has 0 saturated carbocycles. The minimum Gasteiger partial charge on any atom is -0.490 e. The molecule has 1 aliphatic heterocycles. The number of allylic oxidation sites excluding steroid dienone is 1. The molecule has 2 rings (SSSR count). The van der Waals surface area contributed by atoms with Gasteiger partial charge in [-0.3, -0.25) is 10.1 Å². The molecule has 0 spiro atoms. The second kappa shape index (κ2) is 11.4. The Morgan fingerprint density at radius 2 is 1.91 bits per heavy atom. The lowest BCUT2D eigenvalue weighted by molar-refractivity contribution is -0.386. The predicted molar refractivity (Wildman–Crippen MR) is 118 cm³/mol. The summed E-state index contributed by atoms with van der Waals surface area (Å²) in [4.78, 5) is 36.6. The number of nitro groups is 1. The van der Waals surface area contributed by atoms with Crippen molar-refractivity contribution in [3.8, 4) is 11.5 Å². The van der Waals surface area contributed by atoms with Crippen molar-refractivity contribution >= 4 is 17.7 Å².